The molecule has 1 atom stereocenters. The summed E-state index contributed by atoms with van der Waals surface area (Å²) in [6, 6.07) is 1.26. The van der Waals surface area contributed by atoms with E-state index in [1.54, 1.807) is 0 Å². The predicted molar refractivity (Wildman–Crippen MR) is 85.3 cm³/mol. The first-order chi connectivity index (χ1) is 9.03. The van der Waals surface area contributed by atoms with E-state index in [1.807, 2.05) is 7.05 Å². The predicted octanol–water partition coefficient (Wildman–Crippen LogP) is 1.50. The van der Waals surface area contributed by atoms with E-state index in [4.69, 9.17) is 4.43 Å². The van der Waals surface area contributed by atoms with Crippen LogP contribution in [0.1, 0.15) is 19.8 Å². The lowest BCUT2D eigenvalue weighted by Crippen LogP contribution is -2.44. The molecule has 1 unspecified atom stereocenters. The summed E-state index contributed by atoms with van der Waals surface area (Å²) in [5, 5.41) is 6.61. The van der Waals surface area contributed by atoms with Crippen LogP contribution in [0.25, 0.3) is 0 Å². The molecule has 1 heterocycles. The second-order valence-electron chi connectivity index (χ2n) is 6.28. The Morgan fingerprint density at radius 3 is 2.63 bits per heavy atom. The number of nitrogens with one attached hydrogen (secondary N) is 2. The Kier molecular flexibility index (Phi) is 8.17. The zero-order valence-corrected chi connectivity index (χ0v) is 14.3. The van der Waals surface area contributed by atoms with Gasteiger partial charge in [-0.2, -0.15) is 0 Å². The minimum absolute atomic E-state index is 0.408. The van der Waals surface area contributed by atoms with Crippen LogP contribution in [0.15, 0.2) is 0 Å². The van der Waals surface area contributed by atoms with Crippen molar-refractivity contribution in [2.45, 2.75) is 45.0 Å². The van der Waals surface area contributed by atoms with Gasteiger partial charge < -0.3 is 20.0 Å². The average Bonchev–Trinajstić information content (AvgIpc) is 2.37. The number of nitrogens with zero attached hydrogens (tertiary/aromatic N) is 1. The van der Waals surface area contributed by atoms with Gasteiger partial charge in [-0.3, -0.25) is 0 Å². The molecule has 4 nitrogen and oxygen atoms in total. The summed E-state index contributed by atoms with van der Waals surface area (Å²) in [4.78, 5) is 2.55. The van der Waals surface area contributed by atoms with Crippen LogP contribution in [-0.2, 0) is 4.43 Å². The smallest absolute Gasteiger partial charge is 0.187 e. The largest absolute Gasteiger partial charge is 0.415 e. The molecule has 0 radical (unpaired) electrons. The minimum Gasteiger partial charge on any atom is -0.415 e. The van der Waals surface area contributed by atoms with Crippen LogP contribution in [-0.4, -0.2) is 65.6 Å². The van der Waals surface area contributed by atoms with Gasteiger partial charge in [0.05, 0.1) is 0 Å². The summed E-state index contributed by atoms with van der Waals surface area (Å²) in [7, 11) is 0.558. The molecule has 1 aliphatic heterocycles. The van der Waals surface area contributed by atoms with Gasteiger partial charge in [-0.05, 0) is 52.5 Å². The van der Waals surface area contributed by atoms with E-state index in [9.17, 15) is 0 Å². The highest BCUT2D eigenvalue weighted by Crippen LogP contribution is 2.17. The van der Waals surface area contributed by atoms with Crippen LogP contribution in [0.2, 0.25) is 19.1 Å². The molecule has 0 spiro atoms. The molecule has 114 valence electrons. The molecular formula is C14H33N3OSi. The van der Waals surface area contributed by atoms with E-state index in [0.29, 0.717) is 6.10 Å². The number of piperazine rings is 1. The van der Waals surface area contributed by atoms with Crippen molar-refractivity contribution < 1.29 is 4.43 Å². The van der Waals surface area contributed by atoms with Gasteiger partial charge in [-0.15, -0.1) is 0 Å². The Labute approximate surface area is 120 Å². The van der Waals surface area contributed by atoms with Gasteiger partial charge in [0.2, 0.25) is 0 Å². The minimum atomic E-state index is -1.46. The fourth-order valence-electron chi connectivity index (χ4n) is 2.65. The van der Waals surface area contributed by atoms with E-state index in [1.165, 1.54) is 38.5 Å². The molecule has 1 saturated heterocycles. The molecule has 0 aromatic rings. The highest BCUT2D eigenvalue weighted by Gasteiger charge is 2.24. The Hall–Kier alpha value is 0.0569. The maximum Gasteiger partial charge on any atom is 0.187 e. The van der Waals surface area contributed by atoms with Crippen molar-refractivity contribution in [1.29, 1.82) is 0 Å². The van der Waals surface area contributed by atoms with Crippen molar-refractivity contribution in [1.82, 2.24) is 15.5 Å². The zero-order valence-electron chi connectivity index (χ0n) is 13.3. The Morgan fingerprint density at radius 1 is 1.32 bits per heavy atom. The van der Waals surface area contributed by atoms with Crippen LogP contribution >= 0.6 is 0 Å². The van der Waals surface area contributed by atoms with Gasteiger partial charge in [0.15, 0.2) is 8.32 Å². The van der Waals surface area contributed by atoms with Crippen LogP contribution < -0.4 is 10.6 Å². The lowest BCUT2D eigenvalue weighted by Gasteiger charge is -2.31. The lowest BCUT2D eigenvalue weighted by atomic mass is 10.2. The molecule has 5 heteroatoms. The normalized spacial score (nSPS) is 19.6. The standard InChI is InChI=1S/C14H33N3OSi/c1-14(6-10-17-11-8-16-9-12-17)18-19(3,4)13-5-7-15-2/h14-16H,5-13H2,1-4H3. The second-order valence-corrected chi connectivity index (χ2v) is 10.5. The van der Waals surface area contributed by atoms with Crippen LogP contribution in [0.3, 0.4) is 0 Å². The highest BCUT2D eigenvalue weighted by molar-refractivity contribution is 6.71. The van der Waals surface area contributed by atoms with Gasteiger partial charge >= 0.3 is 0 Å². The monoisotopic (exact) mass is 287 g/mol. The van der Waals surface area contributed by atoms with Crippen molar-refractivity contribution in [3.05, 3.63) is 0 Å². The quantitative estimate of drug-likeness (QED) is 0.498. The molecule has 1 rings (SSSR count). The summed E-state index contributed by atoms with van der Waals surface area (Å²) < 4.78 is 6.34. The molecule has 0 aromatic carbocycles. The third kappa shape index (κ3) is 8.04. The molecule has 19 heavy (non-hydrogen) atoms. The summed E-state index contributed by atoms with van der Waals surface area (Å²) in [6.45, 7) is 13.9. The molecule has 2 N–H and O–H groups in total. The topological polar surface area (TPSA) is 36.5 Å². The Bertz CT molecular complexity index is 233. The molecule has 1 fully saturated rings. The van der Waals surface area contributed by atoms with E-state index in [0.717, 1.165) is 19.6 Å². The van der Waals surface area contributed by atoms with E-state index >= 15 is 0 Å². The van der Waals surface area contributed by atoms with Gasteiger partial charge in [-0.1, -0.05) is 0 Å². The van der Waals surface area contributed by atoms with Crippen molar-refractivity contribution in [2.24, 2.45) is 0 Å². The van der Waals surface area contributed by atoms with E-state index in [-0.39, 0.29) is 0 Å². The van der Waals surface area contributed by atoms with Gasteiger partial charge in [0.1, 0.15) is 0 Å². The fourth-order valence-corrected chi connectivity index (χ4v) is 5.01. The van der Waals surface area contributed by atoms with Crippen LogP contribution in [0, 0.1) is 0 Å². The molecule has 0 aliphatic carbocycles. The van der Waals surface area contributed by atoms with Crippen molar-refractivity contribution in [3.63, 3.8) is 0 Å². The third-order valence-electron chi connectivity index (χ3n) is 3.79. The first kappa shape index (κ1) is 17.1. The molecular weight excluding hydrogens is 254 g/mol. The van der Waals surface area contributed by atoms with E-state index in [2.05, 4.69) is 35.6 Å². The maximum absolute atomic E-state index is 6.34. The molecule has 0 bridgehead atoms. The van der Waals surface area contributed by atoms with Crippen molar-refractivity contribution in [3.8, 4) is 0 Å². The Morgan fingerprint density at radius 2 is 2.00 bits per heavy atom. The Balaban J connectivity index is 2.15. The summed E-state index contributed by atoms with van der Waals surface area (Å²) in [5.74, 6) is 0. The van der Waals surface area contributed by atoms with Crippen molar-refractivity contribution in [2.75, 3.05) is 46.3 Å². The SMILES string of the molecule is CNCCC[Si](C)(C)OC(C)CCN1CCNCC1. The molecule has 0 aromatic heterocycles. The van der Waals surface area contributed by atoms with Crippen LogP contribution in [0.5, 0.6) is 0 Å². The zero-order chi connectivity index (χ0) is 14.1. The van der Waals surface area contributed by atoms with Crippen molar-refractivity contribution >= 4 is 8.32 Å². The molecule has 0 saturated carbocycles. The second kappa shape index (κ2) is 9.08. The molecule has 1 aliphatic rings. The number of rotatable bonds is 9. The van der Waals surface area contributed by atoms with Crippen LogP contribution in [0.4, 0.5) is 0 Å². The highest BCUT2D eigenvalue weighted by atomic mass is 28.4. The third-order valence-corrected chi connectivity index (χ3v) is 6.39. The average molecular weight is 288 g/mol. The number of hydrogen-bond acceptors (Lipinski definition) is 4. The maximum atomic E-state index is 6.34. The first-order valence-electron chi connectivity index (χ1n) is 7.79. The molecule has 0 amide bonds. The summed E-state index contributed by atoms with van der Waals surface area (Å²) in [6.07, 6.45) is 2.81. The van der Waals surface area contributed by atoms with Gasteiger partial charge in [-0.25, -0.2) is 0 Å². The van der Waals surface area contributed by atoms with Gasteiger partial charge in [0, 0.05) is 38.8 Å². The first-order valence-corrected chi connectivity index (χ1v) is 10.9. The van der Waals surface area contributed by atoms with Gasteiger partial charge in [0.25, 0.3) is 0 Å². The number of hydrogen-bond donors (Lipinski definition) is 2. The summed E-state index contributed by atoms with van der Waals surface area (Å²) >= 11 is 0. The summed E-state index contributed by atoms with van der Waals surface area (Å²) in [5.41, 5.74) is 0. The lowest BCUT2D eigenvalue weighted by molar-refractivity contribution is 0.161. The van der Waals surface area contributed by atoms with E-state index < -0.39 is 8.32 Å². The fraction of sp³-hybridized carbons (Fsp3) is 1.00.